The van der Waals surface area contributed by atoms with Crippen LogP contribution in [0.4, 0.5) is 0 Å². The number of hydrogen-bond acceptors (Lipinski definition) is 6. The fourth-order valence-electron chi connectivity index (χ4n) is 3.26. The molecule has 2 rings (SSSR count). The van der Waals surface area contributed by atoms with Crippen molar-refractivity contribution in [3.8, 4) is 0 Å². The number of likely N-dealkylation sites (tertiary alicyclic amines) is 1. The van der Waals surface area contributed by atoms with E-state index in [0.29, 0.717) is 19.4 Å². The molecule has 11 heteroatoms. The zero-order chi connectivity index (χ0) is 22.3. The summed E-state index contributed by atoms with van der Waals surface area (Å²) in [4.78, 5) is 64.9. The van der Waals surface area contributed by atoms with Gasteiger partial charge in [-0.3, -0.25) is 24.2 Å². The molecule has 2 heterocycles. The van der Waals surface area contributed by atoms with Crippen LogP contribution in [-0.4, -0.2) is 69.3 Å². The highest BCUT2D eigenvalue weighted by Gasteiger charge is 2.37. The number of carbonyl (C=O) groups excluding carboxylic acids is 4. The summed E-state index contributed by atoms with van der Waals surface area (Å²) < 4.78 is 0. The van der Waals surface area contributed by atoms with Crippen LogP contribution in [0.3, 0.4) is 0 Å². The molecule has 3 atom stereocenters. The van der Waals surface area contributed by atoms with Gasteiger partial charge in [0.2, 0.25) is 23.6 Å². The summed E-state index contributed by atoms with van der Waals surface area (Å²) in [6.07, 6.45) is 3.55. The highest BCUT2D eigenvalue weighted by atomic mass is 16.4. The highest BCUT2D eigenvalue weighted by Crippen LogP contribution is 2.19. The highest BCUT2D eigenvalue weighted by molar-refractivity contribution is 5.94. The average Bonchev–Trinajstić information content (AvgIpc) is 3.16. The van der Waals surface area contributed by atoms with Crippen molar-refractivity contribution in [3.63, 3.8) is 0 Å². The van der Waals surface area contributed by atoms with E-state index in [-0.39, 0.29) is 12.3 Å². The van der Waals surface area contributed by atoms with Gasteiger partial charge in [-0.05, 0) is 37.5 Å². The number of carboxylic acids is 1. The molecule has 30 heavy (non-hydrogen) atoms. The van der Waals surface area contributed by atoms with Gasteiger partial charge < -0.3 is 26.4 Å². The SMILES string of the molecule is C[C@H](NC(=O)Cc1ccncc1)C(=O)N1CCC[C@@H]1C(=O)N[C@@H](CC(N)=O)C(=O)O. The number of nitrogens with two attached hydrogens (primary N) is 1. The van der Waals surface area contributed by atoms with Crippen molar-refractivity contribution in [2.45, 2.75) is 50.7 Å². The third-order valence-corrected chi connectivity index (χ3v) is 4.72. The summed E-state index contributed by atoms with van der Waals surface area (Å²) in [7, 11) is 0. The summed E-state index contributed by atoms with van der Waals surface area (Å²) in [5.74, 6) is -3.74. The van der Waals surface area contributed by atoms with E-state index in [4.69, 9.17) is 10.8 Å². The number of pyridine rings is 1. The van der Waals surface area contributed by atoms with Crippen LogP contribution in [0.15, 0.2) is 24.5 Å². The summed E-state index contributed by atoms with van der Waals surface area (Å²) in [6, 6.07) is 0.167. The topological polar surface area (TPSA) is 172 Å². The van der Waals surface area contributed by atoms with Gasteiger partial charge in [0, 0.05) is 18.9 Å². The van der Waals surface area contributed by atoms with Crippen LogP contribution in [0.25, 0.3) is 0 Å². The zero-order valence-electron chi connectivity index (χ0n) is 16.5. The maximum Gasteiger partial charge on any atom is 0.326 e. The maximum atomic E-state index is 12.8. The lowest BCUT2D eigenvalue weighted by Crippen LogP contribution is -2.55. The van der Waals surface area contributed by atoms with Crippen molar-refractivity contribution in [2.24, 2.45) is 5.73 Å². The van der Waals surface area contributed by atoms with Crippen LogP contribution >= 0.6 is 0 Å². The normalized spacial score (nSPS) is 17.6. The number of carboxylic acid groups (broad SMARTS) is 1. The molecule has 1 saturated heterocycles. The second-order valence-electron chi connectivity index (χ2n) is 7.08. The van der Waals surface area contributed by atoms with Crippen molar-refractivity contribution in [3.05, 3.63) is 30.1 Å². The molecule has 0 unspecified atom stereocenters. The predicted octanol–water partition coefficient (Wildman–Crippen LogP) is -1.44. The third kappa shape index (κ3) is 6.26. The second-order valence-corrected chi connectivity index (χ2v) is 7.08. The molecule has 1 aromatic heterocycles. The Hall–Kier alpha value is -3.50. The number of aliphatic carboxylic acids is 1. The van der Waals surface area contributed by atoms with E-state index in [1.54, 1.807) is 24.5 Å². The van der Waals surface area contributed by atoms with Crippen LogP contribution in [-0.2, 0) is 30.4 Å². The Morgan fingerprint density at radius 1 is 1.23 bits per heavy atom. The van der Waals surface area contributed by atoms with E-state index in [1.807, 2.05) is 0 Å². The van der Waals surface area contributed by atoms with Crippen LogP contribution in [0.1, 0.15) is 31.7 Å². The summed E-state index contributed by atoms with van der Waals surface area (Å²) in [5.41, 5.74) is 5.76. The van der Waals surface area contributed by atoms with E-state index in [2.05, 4.69) is 15.6 Å². The fraction of sp³-hybridized carbons (Fsp3) is 0.474. The molecule has 0 aliphatic carbocycles. The molecule has 1 aromatic rings. The molecular formula is C19H25N5O6. The molecule has 1 aliphatic rings. The van der Waals surface area contributed by atoms with Gasteiger partial charge in [0.25, 0.3) is 0 Å². The van der Waals surface area contributed by atoms with Gasteiger partial charge in [0.05, 0.1) is 12.8 Å². The van der Waals surface area contributed by atoms with Crippen molar-refractivity contribution >= 4 is 29.6 Å². The molecule has 162 valence electrons. The number of aromatic nitrogens is 1. The van der Waals surface area contributed by atoms with Crippen molar-refractivity contribution in [1.29, 1.82) is 0 Å². The van der Waals surface area contributed by atoms with E-state index in [1.165, 1.54) is 11.8 Å². The van der Waals surface area contributed by atoms with Gasteiger partial charge in [0.15, 0.2) is 0 Å². The first-order chi connectivity index (χ1) is 14.2. The second kappa shape index (κ2) is 10.3. The van der Waals surface area contributed by atoms with Crippen LogP contribution in [0, 0.1) is 0 Å². The van der Waals surface area contributed by atoms with Gasteiger partial charge >= 0.3 is 5.97 Å². The molecule has 1 aliphatic heterocycles. The van der Waals surface area contributed by atoms with Crippen LogP contribution in [0.5, 0.6) is 0 Å². The predicted molar refractivity (Wildman–Crippen MR) is 104 cm³/mol. The summed E-state index contributed by atoms with van der Waals surface area (Å²) >= 11 is 0. The lowest BCUT2D eigenvalue weighted by molar-refractivity contribution is -0.145. The third-order valence-electron chi connectivity index (χ3n) is 4.72. The molecule has 0 bridgehead atoms. The molecule has 1 fully saturated rings. The Labute approximate surface area is 173 Å². The largest absolute Gasteiger partial charge is 0.480 e. The van der Waals surface area contributed by atoms with E-state index < -0.39 is 48.2 Å². The van der Waals surface area contributed by atoms with E-state index in [9.17, 15) is 24.0 Å². The minimum absolute atomic E-state index is 0.0808. The monoisotopic (exact) mass is 419 g/mol. The summed E-state index contributed by atoms with van der Waals surface area (Å²) in [6.45, 7) is 1.82. The Morgan fingerprint density at radius 2 is 1.90 bits per heavy atom. The molecule has 0 spiro atoms. The molecule has 5 N–H and O–H groups in total. The van der Waals surface area contributed by atoms with Gasteiger partial charge in [-0.25, -0.2) is 4.79 Å². The molecule has 11 nitrogen and oxygen atoms in total. The fourth-order valence-corrected chi connectivity index (χ4v) is 3.26. The Bertz CT molecular complexity index is 815. The molecular weight excluding hydrogens is 394 g/mol. The molecule has 0 aromatic carbocycles. The van der Waals surface area contributed by atoms with Gasteiger partial charge in [-0.15, -0.1) is 0 Å². The van der Waals surface area contributed by atoms with E-state index in [0.717, 1.165) is 5.56 Å². The molecule has 4 amide bonds. The quantitative estimate of drug-likeness (QED) is 0.380. The molecule has 0 saturated carbocycles. The van der Waals surface area contributed by atoms with Crippen molar-refractivity contribution < 1.29 is 29.1 Å². The smallest absolute Gasteiger partial charge is 0.326 e. The minimum Gasteiger partial charge on any atom is -0.480 e. The number of nitrogens with one attached hydrogen (secondary N) is 2. The van der Waals surface area contributed by atoms with Crippen molar-refractivity contribution in [1.82, 2.24) is 20.5 Å². The lowest BCUT2D eigenvalue weighted by Gasteiger charge is -2.28. The Kier molecular flexibility index (Phi) is 7.84. The standard InChI is InChI=1S/C19H25N5O6/c1-11(22-16(26)9-12-4-6-21-7-5-12)18(28)24-8-2-3-14(24)17(27)23-13(19(29)30)10-15(20)25/h4-7,11,13-14H,2-3,8-10H2,1H3,(H2,20,25)(H,22,26)(H,23,27)(H,29,30)/t11-,13-,14+/m0/s1. The minimum atomic E-state index is -1.47. The average molecular weight is 419 g/mol. The summed E-state index contributed by atoms with van der Waals surface area (Å²) in [5, 5.41) is 14.0. The lowest BCUT2D eigenvalue weighted by atomic mass is 10.1. The molecule has 0 radical (unpaired) electrons. The first kappa shape index (κ1) is 22.8. The zero-order valence-corrected chi connectivity index (χ0v) is 16.5. The van der Waals surface area contributed by atoms with Gasteiger partial charge in [0.1, 0.15) is 18.1 Å². The van der Waals surface area contributed by atoms with E-state index >= 15 is 0 Å². The van der Waals surface area contributed by atoms with Gasteiger partial charge in [-0.2, -0.15) is 0 Å². The number of rotatable bonds is 9. The Morgan fingerprint density at radius 3 is 2.50 bits per heavy atom. The maximum absolute atomic E-state index is 12.8. The van der Waals surface area contributed by atoms with Crippen LogP contribution in [0.2, 0.25) is 0 Å². The first-order valence-electron chi connectivity index (χ1n) is 9.49. The first-order valence-corrected chi connectivity index (χ1v) is 9.49. The number of amides is 4. The number of carbonyl (C=O) groups is 5. The van der Waals surface area contributed by atoms with Crippen LogP contribution < -0.4 is 16.4 Å². The number of primary amides is 1. The number of nitrogens with zero attached hydrogens (tertiary/aromatic N) is 2. The van der Waals surface area contributed by atoms with Gasteiger partial charge in [-0.1, -0.05) is 0 Å². The Balaban J connectivity index is 1.96. The van der Waals surface area contributed by atoms with Crippen molar-refractivity contribution in [2.75, 3.05) is 6.54 Å². The number of hydrogen-bond donors (Lipinski definition) is 4.